The maximum absolute atomic E-state index is 13.1. The number of aryl methyl sites for hydroxylation is 1. The molecule has 0 aliphatic heterocycles. The van der Waals surface area contributed by atoms with E-state index in [4.69, 9.17) is 0 Å². The number of fused-ring (bicyclic) bond motifs is 1. The molecule has 31 heavy (non-hydrogen) atoms. The highest BCUT2D eigenvalue weighted by molar-refractivity contribution is 6.05. The van der Waals surface area contributed by atoms with Gasteiger partial charge >= 0.3 is 6.09 Å². The summed E-state index contributed by atoms with van der Waals surface area (Å²) in [6, 6.07) is 14.9. The summed E-state index contributed by atoms with van der Waals surface area (Å²) < 4.78 is 6.42. The van der Waals surface area contributed by atoms with Gasteiger partial charge in [0.25, 0.3) is 5.91 Å². The number of nitrogens with zero attached hydrogens (tertiary/aromatic N) is 4. The lowest BCUT2D eigenvalue weighted by atomic mass is 10.2. The van der Waals surface area contributed by atoms with Crippen LogP contribution in [0, 0.1) is 6.92 Å². The van der Waals surface area contributed by atoms with Crippen molar-refractivity contribution in [2.75, 3.05) is 24.4 Å². The van der Waals surface area contributed by atoms with Crippen molar-refractivity contribution >= 4 is 29.2 Å². The van der Waals surface area contributed by atoms with Crippen LogP contribution in [0.2, 0.25) is 0 Å². The van der Waals surface area contributed by atoms with Crippen LogP contribution in [0.4, 0.5) is 16.3 Å². The molecule has 0 atom stereocenters. The van der Waals surface area contributed by atoms with Crippen LogP contribution in [0.15, 0.2) is 67.1 Å². The Hall–Kier alpha value is -4.20. The summed E-state index contributed by atoms with van der Waals surface area (Å²) in [6.45, 7) is 1.99. The standard InChI is InChI=1S/C23H21N5O3/c1-15-5-4-6-18(11-15)27(2)22(29)17-8-10-21-25-13-19(28(21)14-17)16-7-9-20(24-12-16)26-23(30)31-3/h4-14H,1-3H3,(H,24,26,30). The van der Waals surface area contributed by atoms with Crippen molar-refractivity contribution in [3.05, 3.63) is 78.2 Å². The number of amides is 2. The normalized spacial score (nSPS) is 10.7. The number of anilines is 2. The van der Waals surface area contributed by atoms with Crippen molar-refractivity contribution in [3.8, 4) is 11.3 Å². The minimum absolute atomic E-state index is 0.122. The van der Waals surface area contributed by atoms with Crippen LogP contribution in [0.3, 0.4) is 0 Å². The van der Waals surface area contributed by atoms with Gasteiger partial charge in [0.15, 0.2) is 0 Å². The van der Waals surface area contributed by atoms with Gasteiger partial charge in [-0.25, -0.2) is 14.8 Å². The summed E-state index contributed by atoms with van der Waals surface area (Å²) in [7, 11) is 3.05. The lowest BCUT2D eigenvalue weighted by Crippen LogP contribution is -2.26. The number of imidazole rings is 1. The quantitative estimate of drug-likeness (QED) is 0.541. The molecule has 3 heterocycles. The first-order valence-electron chi connectivity index (χ1n) is 9.59. The molecule has 0 saturated heterocycles. The Balaban J connectivity index is 1.65. The van der Waals surface area contributed by atoms with Crippen molar-refractivity contribution < 1.29 is 14.3 Å². The Labute approximate surface area is 179 Å². The molecule has 0 aliphatic rings. The molecule has 4 rings (SSSR count). The Morgan fingerprint density at radius 1 is 1.06 bits per heavy atom. The summed E-state index contributed by atoms with van der Waals surface area (Å²) in [5.41, 5.74) is 4.73. The molecule has 8 nitrogen and oxygen atoms in total. The minimum atomic E-state index is -0.587. The van der Waals surface area contributed by atoms with Gasteiger partial charge in [0.1, 0.15) is 11.5 Å². The highest BCUT2D eigenvalue weighted by atomic mass is 16.5. The lowest BCUT2D eigenvalue weighted by molar-refractivity contribution is 0.0992. The number of pyridine rings is 2. The summed E-state index contributed by atoms with van der Waals surface area (Å²) in [5, 5.41) is 2.51. The van der Waals surface area contributed by atoms with Gasteiger partial charge in [-0.15, -0.1) is 0 Å². The molecule has 0 aliphatic carbocycles. The molecule has 4 aromatic rings. The number of hydrogen-bond acceptors (Lipinski definition) is 5. The van der Waals surface area contributed by atoms with Gasteiger partial charge in [0.2, 0.25) is 0 Å². The molecule has 1 N–H and O–H groups in total. The second kappa shape index (κ2) is 8.27. The van der Waals surface area contributed by atoms with Crippen molar-refractivity contribution in [2.45, 2.75) is 6.92 Å². The van der Waals surface area contributed by atoms with E-state index in [1.807, 2.05) is 41.7 Å². The molecule has 0 radical (unpaired) electrons. The van der Waals surface area contributed by atoms with Crippen LogP contribution in [0.25, 0.3) is 16.9 Å². The third-order valence-corrected chi connectivity index (χ3v) is 4.92. The fourth-order valence-electron chi connectivity index (χ4n) is 3.24. The number of carbonyl (C=O) groups is 2. The summed E-state index contributed by atoms with van der Waals surface area (Å²) in [4.78, 5) is 34.7. The minimum Gasteiger partial charge on any atom is -0.453 e. The van der Waals surface area contributed by atoms with E-state index in [1.54, 1.807) is 48.7 Å². The van der Waals surface area contributed by atoms with Crippen molar-refractivity contribution in [1.29, 1.82) is 0 Å². The summed E-state index contributed by atoms with van der Waals surface area (Å²) >= 11 is 0. The third-order valence-electron chi connectivity index (χ3n) is 4.92. The SMILES string of the molecule is COC(=O)Nc1ccc(-c2cnc3ccc(C(=O)N(C)c4cccc(C)c4)cn23)cn1. The van der Waals surface area contributed by atoms with E-state index in [9.17, 15) is 9.59 Å². The fraction of sp³-hybridized carbons (Fsp3) is 0.130. The van der Waals surface area contributed by atoms with Gasteiger partial charge in [-0.3, -0.25) is 14.5 Å². The molecule has 3 aromatic heterocycles. The molecule has 0 spiro atoms. The van der Waals surface area contributed by atoms with E-state index >= 15 is 0 Å². The maximum Gasteiger partial charge on any atom is 0.412 e. The van der Waals surface area contributed by atoms with Crippen LogP contribution in [0.5, 0.6) is 0 Å². The average Bonchev–Trinajstić information content (AvgIpc) is 3.21. The van der Waals surface area contributed by atoms with E-state index in [0.717, 1.165) is 22.5 Å². The zero-order chi connectivity index (χ0) is 22.0. The first kappa shape index (κ1) is 20.1. The van der Waals surface area contributed by atoms with Crippen LogP contribution < -0.4 is 10.2 Å². The van der Waals surface area contributed by atoms with E-state index in [2.05, 4.69) is 20.0 Å². The van der Waals surface area contributed by atoms with Gasteiger partial charge in [0.05, 0.1) is 24.6 Å². The van der Waals surface area contributed by atoms with Crippen molar-refractivity contribution in [3.63, 3.8) is 0 Å². The number of nitrogens with one attached hydrogen (secondary N) is 1. The number of carbonyl (C=O) groups excluding carboxylic acids is 2. The maximum atomic E-state index is 13.1. The Bertz CT molecular complexity index is 1260. The zero-order valence-corrected chi connectivity index (χ0v) is 17.4. The van der Waals surface area contributed by atoms with Crippen LogP contribution in [-0.4, -0.2) is 40.5 Å². The zero-order valence-electron chi connectivity index (χ0n) is 17.4. The predicted molar refractivity (Wildman–Crippen MR) is 118 cm³/mol. The van der Waals surface area contributed by atoms with Crippen molar-refractivity contribution in [1.82, 2.24) is 14.4 Å². The summed E-state index contributed by atoms with van der Waals surface area (Å²) in [5.74, 6) is 0.253. The number of ether oxygens (including phenoxy) is 1. The first-order valence-corrected chi connectivity index (χ1v) is 9.59. The van der Waals surface area contributed by atoms with E-state index in [-0.39, 0.29) is 5.91 Å². The molecule has 1 aromatic carbocycles. The molecule has 2 amide bonds. The molecule has 0 unspecified atom stereocenters. The largest absolute Gasteiger partial charge is 0.453 e. The van der Waals surface area contributed by atoms with Gasteiger partial charge in [-0.05, 0) is 48.9 Å². The molecule has 8 heteroatoms. The summed E-state index contributed by atoms with van der Waals surface area (Å²) in [6.07, 6.45) is 4.53. The van der Waals surface area contributed by atoms with Crippen LogP contribution >= 0.6 is 0 Å². The molecular formula is C23H21N5O3. The topological polar surface area (TPSA) is 88.8 Å². The first-order chi connectivity index (χ1) is 15.0. The van der Waals surface area contributed by atoms with E-state index in [0.29, 0.717) is 17.0 Å². The second-order valence-electron chi connectivity index (χ2n) is 7.04. The number of aromatic nitrogens is 3. The van der Waals surface area contributed by atoms with Crippen LogP contribution in [-0.2, 0) is 4.74 Å². The number of benzene rings is 1. The van der Waals surface area contributed by atoms with Gasteiger partial charge in [0, 0.05) is 30.7 Å². The predicted octanol–water partition coefficient (Wildman–Crippen LogP) is 4.16. The Morgan fingerprint density at radius 3 is 2.61 bits per heavy atom. The van der Waals surface area contributed by atoms with E-state index in [1.165, 1.54) is 7.11 Å². The van der Waals surface area contributed by atoms with E-state index < -0.39 is 6.09 Å². The number of hydrogen-bond donors (Lipinski definition) is 1. The smallest absolute Gasteiger partial charge is 0.412 e. The highest BCUT2D eigenvalue weighted by Crippen LogP contribution is 2.23. The molecule has 0 saturated carbocycles. The third kappa shape index (κ3) is 4.09. The van der Waals surface area contributed by atoms with Gasteiger partial charge in [-0.2, -0.15) is 0 Å². The van der Waals surface area contributed by atoms with Crippen LogP contribution in [0.1, 0.15) is 15.9 Å². The fourth-order valence-corrected chi connectivity index (χ4v) is 3.24. The Kier molecular flexibility index (Phi) is 5.36. The van der Waals surface area contributed by atoms with Crippen molar-refractivity contribution in [2.24, 2.45) is 0 Å². The molecule has 0 fully saturated rings. The molecular weight excluding hydrogens is 394 g/mol. The molecule has 0 bridgehead atoms. The second-order valence-corrected chi connectivity index (χ2v) is 7.04. The monoisotopic (exact) mass is 415 g/mol. The number of rotatable bonds is 4. The average molecular weight is 415 g/mol. The number of methoxy groups -OCH3 is 1. The van der Waals surface area contributed by atoms with Gasteiger partial charge < -0.3 is 9.64 Å². The Morgan fingerprint density at radius 2 is 1.90 bits per heavy atom. The highest BCUT2D eigenvalue weighted by Gasteiger charge is 2.16. The van der Waals surface area contributed by atoms with Gasteiger partial charge in [-0.1, -0.05) is 12.1 Å². The lowest BCUT2D eigenvalue weighted by Gasteiger charge is -2.18. The molecule has 156 valence electrons.